The van der Waals surface area contributed by atoms with E-state index in [2.05, 4.69) is 15.8 Å². The Morgan fingerprint density at radius 3 is 1.30 bits per heavy atom. The smallest absolute Gasteiger partial charge is 0.226 e. The highest BCUT2D eigenvalue weighted by molar-refractivity contribution is 6.10. The van der Waals surface area contributed by atoms with Crippen LogP contribution < -0.4 is 0 Å². The molecule has 0 N–H and O–H groups in total. The van der Waals surface area contributed by atoms with E-state index in [1.165, 1.54) is 0 Å². The van der Waals surface area contributed by atoms with Gasteiger partial charge < -0.3 is 0 Å². The Bertz CT molecular complexity index is 1380. The topological polar surface area (TPSA) is 56.3 Å². The van der Waals surface area contributed by atoms with Gasteiger partial charge in [-0.15, -0.1) is 0 Å². The molecule has 30 heavy (non-hydrogen) atoms. The van der Waals surface area contributed by atoms with Gasteiger partial charge in [0.25, 0.3) is 11.4 Å². The van der Waals surface area contributed by atoms with Gasteiger partial charge in [-0.25, -0.2) is 20.2 Å². The molecule has 3 aromatic rings. The summed E-state index contributed by atoms with van der Waals surface area (Å²) in [5.41, 5.74) is 8.42. The standard InChI is InChI=1S/C26H10N4/c1-29-23(13-27)25-17-9-5-3-7-15(17)19-11-20-16-8-4-6-10-18(16)26(24(14-28)30-2)22(20)12-21(19)25/h3-12H/b25-23-,26-24+. The van der Waals surface area contributed by atoms with Crippen LogP contribution in [-0.2, 0) is 0 Å². The van der Waals surface area contributed by atoms with Crippen LogP contribution >= 0.6 is 0 Å². The molecular weight excluding hydrogens is 368 g/mol. The lowest BCUT2D eigenvalue weighted by molar-refractivity contribution is 1.48. The number of allylic oxidation sites excluding steroid dienone is 2. The van der Waals surface area contributed by atoms with Crippen LogP contribution in [0.3, 0.4) is 0 Å². The van der Waals surface area contributed by atoms with Crippen LogP contribution in [0.25, 0.3) is 43.1 Å². The molecule has 134 valence electrons. The van der Waals surface area contributed by atoms with Crippen molar-refractivity contribution in [2.75, 3.05) is 0 Å². The molecule has 0 atom stereocenters. The van der Waals surface area contributed by atoms with Crippen molar-refractivity contribution in [3.8, 4) is 34.4 Å². The molecule has 4 nitrogen and oxygen atoms in total. The molecule has 3 aromatic carbocycles. The van der Waals surface area contributed by atoms with E-state index in [9.17, 15) is 10.5 Å². The van der Waals surface area contributed by atoms with Crippen LogP contribution in [0.4, 0.5) is 0 Å². The summed E-state index contributed by atoms with van der Waals surface area (Å²) >= 11 is 0. The minimum atomic E-state index is 0.0351. The van der Waals surface area contributed by atoms with Crippen LogP contribution in [0, 0.1) is 35.8 Å². The van der Waals surface area contributed by atoms with E-state index in [0.29, 0.717) is 11.1 Å². The average molecular weight is 378 g/mol. The van der Waals surface area contributed by atoms with E-state index in [1.54, 1.807) is 0 Å². The van der Waals surface area contributed by atoms with E-state index >= 15 is 0 Å². The fourth-order valence-corrected chi connectivity index (χ4v) is 4.41. The second-order valence-corrected chi connectivity index (χ2v) is 6.93. The lowest BCUT2D eigenvalue weighted by Crippen LogP contribution is -1.90. The highest BCUT2D eigenvalue weighted by Gasteiger charge is 2.32. The maximum atomic E-state index is 9.58. The van der Waals surface area contributed by atoms with Crippen LogP contribution in [0.5, 0.6) is 0 Å². The lowest BCUT2D eigenvalue weighted by atomic mass is 9.94. The fraction of sp³-hybridized carbons (Fsp3) is 0. The zero-order valence-corrected chi connectivity index (χ0v) is 15.6. The van der Waals surface area contributed by atoms with Crippen molar-refractivity contribution in [3.05, 3.63) is 117 Å². The molecule has 2 aliphatic carbocycles. The van der Waals surface area contributed by atoms with Crippen LogP contribution in [0.2, 0.25) is 0 Å². The van der Waals surface area contributed by atoms with Crippen molar-refractivity contribution in [2.24, 2.45) is 0 Å². The number of benzene rings is 3. The predicted octanol–water partition coefficient (Wildman–Crippen LogP) is 6.05. The van der Waals surface area contributed by atoms with Crippen molar-refractivity contribution in [2.45, 2.75) is 0 Å². The molecule has 0 amide bonds. The molecule has 0 spiro atoms. The molecular formula is C26H10N4. The molecule has 0 aromatic heterocycles. The lowest BCUT2D eigenvalue weighted by Gasteiger charge is -2.09. The van der Waals surface area contributed by atoms with E-state index in [1.807, 2.05) is 66.7 Å². The summed E-state index contributed by atoms with van der Waals surface area (Å²) in [6.45, 7) is 15.0. The van der Waals surface area contributed by atoms with E-state index in [4.69, 9.17) is 13.1 Å². The average Bonchev–Trinajstić information content (AvgIpc) is 3.28. The molecule has 0 heterocycles. The number of nitrogens with zero attached hydrogens (tertiary/aromatic N) is 4. The van der Waals surface area contributed by atoms with Crippen molar-refractivity contribution < 1.29 is 0 Å². The van der Waals surface area contributed by atoms with Gasteiger partial charge in [0.15, 0.2) is 0 Å². The largest absolute Gasteiger partial charge is 0.270 e. The van der Waals surface area contributed by atoms with Crippen molar-refractivity contribution in [1.29, 1.82) is 10.5 Å². The van der Waals surface area contributed by atoms with Gasteiger partial charge in [0, 0.05) is 11.1 Å². The minimum absolute atomic E-state index is 0.0351. The molecule has 0 fully saturated rings. The van der Waals surface area contributed by atoms with Gasteiger partial charge in [-0.1, -0.05) is 48.5 Å². The van der Waals surface area contributed by atoms with Gasteiger partial charge in [0.2, 0.25) is 0 Å². The maximum Gasteiger partial charge on any atom is 0.270 e. The first kappa shape index (κ1) is 17.2. The Kier molecular flexibility index (Phi) is 3.63. The van der Waals surface area contributed by atoms with Crippen molar-refractivity contribution in [1.82, 2.24) is 0 Å². The molecule has 0 bridgehead atoms. The van der Waals surface area contributed by atoms with E-state index in [0.717, 1.165) is 44.5 Å². The van der Waals surface area contributed by atoms with Crippen LogP contribution in [0.15, 0.2) is 72.1 Å². The molecule has 0 saturated heterocycles. The predicted molar refractivity (Wildman–Crippen MR) is 114 cm³/mol. The zero-order valence-electron chi connectivity index (χ0n) is 15.6. The number of rotatable bonds is 0. The van der Waals surface area contributed by atoms with E-state index in [-0.39, 0.29) is 11.4 Å². The van der Waals surface area contributed by atoms with Crippen LogP contribution in [-0.4, -0.2) is 0 Å². The second kappa shape index (κ2) is 6.32. The van der Waals surface area contributed by atoms with Crippen molar-refractivity contribution in [3.63, 3.8) is 0 Å². The molecule has 0 aliphatic heterocycles. The van der Waals surface area contributed by atoms with Gasteiger partial charge >= 0.3 is 0 Å². The minimum Gasteiger partial charge on any atom is -0.226 e. The zero-order chi connectivity index (χ0) is 20.8. The Balaban J connectivity index is 1.95. The molecule has 0 saturated carbocycles. The van der Waals surface area contributed by atoms with Gasteiger partial charge in [0.1, 0.15) is 0 Å². The highest BCUT2D eigenvalue weighted by atomic mass is 14.7. The summed E-state index contributed by atoms with van der Waals surface area (Å²) in [4.78, 5) is 6.92. The summed E-state index contributed by atoms with van der Waals surface area (Å²) in [6.07, 6.45) is 0. The van der Waals surface area contributed by atoms with Gasteiger partial charge in [-0.2, -0.15) is 0 Å². The SMILES string of the molecule is [C-]#[N+]/C(C#N)=C1/c2ccccc2-c2cc3c(cc21)/C(=C(\C#N)[N+]#[C-])c1ccccc1-3. The monoisotopic (exact) mass is 378 g/mol. The first-order valence-corrected chi connectivity index (χ1v) is 9.15. The van der Waals surface area contributed by atoms with Gasteiger partial charge in [-0.05, 0) is 56.6 Å². The number of nitriles is 2. The third-order valence-electron chi connectivity index (χ3n) is 5.58. The van der Waals surface area contributed by atoms with Crippen LogP contribution in [0.1, 0.15) is 22.3 Å². The summed E-state index contributed by atoms with van der Waals surface area (Å²) < 4.78 is 0. The summed E-state index contributed by atoms with van der Waals surface area (Å²) in [5.74, 6) is 0. The highest BCUT2D eigenvalue weighted by Crippen LogP contribution is 2.53. The molecule has 2 aliphatic rings. The molecule has 0 unspecified atom stereocenters. The molecule has 4 heteroatoms. The number of hydrogen-bond acceptors (Lipinski definition) is 2. The third-order valence-corrected chi connectivity index (χ3v) is 5.58. The summed E-state index contributed by atoms with van der Waals surface area (Å²) in [7, 11) is 0. The van der Waals surface area contributed by atoms with Crippen molar-refractivity contribution >= 4 is 11.1 Å². The molecule has 5 rings (SSSR count). The van der Waals surface area contributed by atoms with E-state index < -0.39 is 0 Å². The van der Waals surface area contributed by atoms with Gasteiger partial charge in [0.05, 0.1) is 25.3 Å². The summed E-state index contributed by atoms with van der Waals surface area (Å²) in [5, 5.41) is 19.2. The Hall–Kier alpha value is -4.90. The first-order valence-electron chi connectivity index (χ1n) is 9.15. The summed E-state index contributed by atoms with van der Waals surface area (Å²) in [6, 6.07) is 23.5. The Labute approximate surface area is 173 Å². The second-order valence-electron chi connectivity index (χ2n) is 6.93. The first-order chi connectivity index (χ1) is 14.7. The fourth-order valence-electron chi connectivity index (χ4n) is 4.41. The normalized spacial score (nSPS) is 15.3. The quantitative estimate of drug-likeness (QED) is 0.243. The Morgan fingerprint density at radius 2 is 0.933 bits per heavy atom. The molecule has 0 radical (unpaired) electrons. The Morgan fingerprint density at radius 1 is 0.567 bits per heavy atom. The third kappa shape index (κ3) is 2.11. The van der Waals surface area contributed by atoms with Gasteiger partial charge in [-0.3, -0.25) is 0 Å². The number of hydrogen-bond donors (Lipinski definition) is 0. The maximum absolute atomic E-state index is 9.58. The number of fused-ring (bicyclic) bond motifs is 6.